The average Bonchev–Trinajstić information content (AvgIpc) is 3.33. The predicted octanol–water partition coefficient (Wildman–Crippen LogP) is 3.16. The molecule has 0 radical (unpaired) electrons. The number of rotatable bonds is 5. The number of hydrogen-bond acceptors (Lipinski definition) is 4. The normalized spacial score (nSPS) is 22.4. The van der Waals surface area contributed by atoms with Gasteiger partial charge in [0.1, 0.15) is 12.3 Å². The summed E-state index contributed by atoms with van der Waals surface area (Å²) in [5.74, 6) is 1.67. The van der Waals surface area contributed by atoms with Crippen molar-refractivity contribution in [1.82, 2.24) is 20.4 Å². The summed E-state index contributed by atoms with van der Waals surface area (Å²) in [5.41, 5.74) is 1.15. The van der Waals surface area contributed by atoms with Crippen LogP contribution in [0, 0.1) is 0 Å². The van der Waals surface area contributed by atoms with Gasteiger partial charge in [0, 0.05) is 51.3 Å². The van der Waals surface area contributed by atoms with Crippen LogP contribution in [0.25, 0.3) is 0 Å². The molecule has 0 spiro atoms. The highest BCUT2D eigenvalue weighted by molar-refractivity contribution is 14.0. The van der Waals surface area contributed by atoms with E-state index in [4.69, 9.17) is 4.74 Å². The van der Waals surface area contributed by atoms with Crippen molar-refractivity contribution < 1.29 is 9.53 Å². The number of guanidine groups is 1. The molecule has 4 rings (SSSR count). The van der Waals surface area contributed by atoms with Crippen LogP contribution in [-0.2, 0) is 4.79 Å². The molecule has 32 heavy (non-hydrogen) atoms. The second-order valence-corrected chi connectivity index (χ2v) is 9.22. The fourth-order valence-corrected chi connectivity index (χ4v) is 4.95. The van der Waals surface area contributed by atoms with Gasteiger partial charge in [-0.3, -0.25) is 4.79 Å². The van der Waals surface area contributed by atoms with Crippen LogP contribution in [0.2, 0.25) is 0 Å². The lowest BCUT2D eigenvalue weighted by Crippen LogP contribution is -2.51. The Kier molecular flexibility index (Phi) is 9.46. The van der Waals surface area contributed by atoms with Crippen LogP contribution in [0.5, 0.6) is 5.75 Å². The molecule has 2 N–H and O–H groups in total. The second-order valence-electron chi connectivity index (χ2n) is 9.22. The van der Waals surface area contributed by atoms with E-state index in [2.05, 4.69) is 26.6 Å². The number of benzene rings is 1. The highest BCUT2D eigenvalue weighted by Gasteiger charge is 2.28. The zero-order valence-electron chi connectivity index (χ0n) is 19.4. The molecule has 1 amide bonds. The zero-order valence-corrected chi connectivity index (χ0v) is 21.7. The Balaban J connectivity index is 0.00000289. The van der Waals surface area contributed by atoms with Crippen molar-refractivity contribution in [2.24, 2.45) is 4.99 Å². The van der Waals surface area contributed by atoms with Crippen LogP contribution in [0.3, 0.4) is 0 Å². The number of para-hydroxylation sites is 1. The van der Waals surface area contributed by atoms with Crippen molar-refractivity contribution in [2.45, 2.75) is 63.1 Å². The van der Waals surface area contributed by atoms with E-state index in [9.17, 15) is 4.79 Å². The van der Waals surface area contributed by atoms with Gasteiger partial charge in [0.05, 0.1) is 12.6 Å². The van der Waals surface area contributed by atoms with Crippen LogP contribution in [0.4, 0.5) is 0 Å². The van der Waals surface area contributed by atoms with Gasteiger partial charge >= 0.3 is 0 Å². The lowest BCUT2D eigenvalue weighted by molar-refractivity contribution is -0.127. The quantitative estimate of drug-likeness (QED) is 0.332. The Morgan fingerprint density at radius 1 is 1.09 bits per heavy atom. The van der Waals surface area contributed by atoms with Gasteiger partial charge in [0.2, 0.25) is 5.91 Å². The maximum atomic E-state index is 12.2. The van der Waals surface area contributed by atoms with Crippen molar-refractivity contribution in [3.05, 3.63) is 29.8 Å². The minimum Gasteiger partial charge on any atom is -0.493 e. The van der Waals surface area contributed by atoms with Crippen LogP contribution in [0.1, 0.15) is 56.6 Å². The maximum Gasteiger partial charge on any atom is 0.243 e. The van der Waals surface area contributed by atoms with Crippen LogP contribution in [-0.4, -0.2) is 74.1 Å². The zero-order chi connectivity index (χ0) is 21.6. The number of ether oxygens (including phenoxy) is 1. The van der Waals surface area contributed by atoms with Gasteiger partial charge < -0.3 is 25.2 Å². The Labute approximate surface area is 209 Å². The van der Waals surface area contributed by atoms with Gasteiger partial charge in [-0.05, 0) is 31.7 Å². The monoisotopic (exact) mass is 555 g/mol. The summed E-state index contributed by atoms with van der Waals surface area (Å²) >= 11 is 0. The molecule has 8 heteroatoms. The minimum absolute atomic E-state index is 0. The van der Waals surface area contributed by atoms with Crippen LogP contribution in [0.15, 0.2) is 29.3 Å². The Morgan fingerprint density at radius 3 is 2.53 bits per heavy atom. The van der Waals surface area contributed by atoms with Gasteiger partial charge in [-0.2, -0.15) is 0 Å². The summed E-state index contributed by atoms with van der Waals surface area (Å²) < 4.78 is 5.81. The van der Waals surface area contributed by atoms with Gasteiger partial charge in [-0.1, -0.05) is 31.0 Å². The third kappa shape index (κ3) is 6.50. The van der Waals surface area contributed by atoms with Crippen molar-refractivity contribution >= 4 is 35.8 Å². The van der Waals surface area contributed by atoms with Crippen molar-refractivity contribution in [1.29, 1.82) is 0 Å². The van der Waals surface area contributed by atoms with Crippen molar-refractivity contribution in [2.75, 3.05) is 40.3 Å². The van der Waals surface area contributed by atoms with E-state index in [-0.39, 0.29) is 42.5 Å². The third-order valence-electron chi connectivity index (χ3n) is 6.85. The molecular weight excluding hydrogens is 517 g/mol. The number of nitrogens with one attached hydrogen (secondary N) is 2. The molecule has 2 aliphatic heterocycles. The van der Waals surface area contributed by atoms with Crippen LogP contribution < -0.4 is 15.4 Å². The third-order valence-corrected chi connectivity index (χ3v) is 6.85. The Hall–Kier alpha value is -1.55. The first-order valence-electron chi connectivity index (χ1n) is 11.8. The van der Waals surface area contributed by atoms with Gasteiger partial charge in [-0.25, -0.2) is 4.99 Å². The number of likely N-dealkylation sites (N-methyl/N-ethyl adjacent to an activating group) is 1. The molecular formula is C24H38IN5O2. The number of nitrogens with zero attached hydrogens (tertiary/aromatic N) is 3. The smallest absolute Gasteiger partial charge is 0.243 e. The van der Waals surface area contributed by atoms with E-state index in [0.717, 1.165) is 55.7 Å². The second kappa shape index (κ2) is 12.1. The SMILES string of the molecule is CN(C)C(=O)CN=C(NC1CCN(C2CCCC2)CC1)NC1CCOc2ccccc21.I. The van der Waals surface area contributed by atoms with Gasteiger partial charge in [0.25, 0.3) is 0 Å². The number of amides is 1. The van der Waals surface area contributed by atoms with E-state index >= 15 is 0 Å². The molecule has 7 nitrogen and oxygen atoms in total. The number of carbonyl (C=O) groups is 1. The summed E-state index contributed by atoms with van der Waals surface area (Å²) in [6, 6.07) is 9.47. The molecule has 2 heterocycles. The van der Waals surface area contributed by atoms with Crippen molar-refractivity contribution in [3.63, 3.8) is 0 Å². The molecule has 0 bridgehead atoms. The highest BCUT2D eigenvalue weighted by atomic mass is 127. The Morgan fingerprint density at radius 2 is 1.81 bits per heavy atom. The number of piperidine rings is 1. The summed E-state index contributed by atoms with van der Waals surface area (Å²) in [6.45, 7) is 3.12. The average molecular weight is 556 g/mol. The lowest BCUT2D eigenvalue weighted by Gasteiger charge is -2.37. The molecule has 1 aromatic rings. The van der Waals surface area contributed by atoms with E-state index in [1.54, 1.807) is 19.0 Å². The largest absolute Gasteiger partial charge is 0.493 e. The standard InChI is InChI=1S/C24H37N5O2.HI/c1-28(2)23(30)17-25-24(27-21-13-16-31-22-10-6-5-9-20(21)22)26-18-11-14-29(15-12-18)19-7-3-4-8-19;/h5-6,9-10,18-19,21H,3-4,7-8,11-17H2,1-2H3,(H2,25,26,27);1H. The molecule has 1 unspecified atom stereocenters. The van der Waals surface area contributed by atoms with E-state index in [1.165, 1.54) is 25.7 Å². The molecule has 1 aromatic carbocycles. The molecule has 1 saturated heterocycles. The molecule has 2 fully saturated rings. The number of hydrogen-bond donors (Lipinski definition) is 2. The first-order valence-corrected chi connectivity index (χ1v) is 11.8. The van der Waals surface area contributed by atoms with E-state index in [1.807, 2.05) is 18.2 Å². The van der Waals surface area contributed by atoms with Gasteiger partial charge in [0.15, 0.2) is 5.96 Å². The first-order chi connectivity index (χ1) is 15.1. The summed E-state index contributed by atoms with van der Waals surface area (Å²) in [5, 5.41) is 7.23. The van der Waals surface area contributed by atoms with Gasteiger partial charge in [-0.15, -0.1) is 24.0 Å². The van der Waals surface area contributed by atoms with E-state index in [0.29, 0.717) is 12.6 Å². The number of aliphatic imine (C=N–C) groups is 1. The maximum absolute atomic E-state index is 12.2. The number of likely N-dealkylation sites (tertiary alicyclic amines) is 1. The summed E-state index contributed by atoms with van der Waals surface area (Å²) in [6.07, 6.45) is 8.60. The Bertz CT molecular complexity index is 773. The molecule has 1 saturated carbocycles. The fourth-order valence-electron chi connectivity index (χ4n) is 4.95. The lowest BCUT2D eigenvalue weighted by atomic mass is 10.0. The fraction of sp³-hybridized carbons (Fsp3) is 0.667. The minimum atomic E-state index is 0. The predicted molar refractivity (Wildman–Crippen MR) is 139 cm³/mol. The number of carbonyl (C=O) groups excluding carboxylic acids is 1. The summed E-state index contributed by atoms with van der Waals surface area (Å²) in [7, 11) is 3.54. The molecule has 1 aliphatic carbocycles. The molecule has 178 valence electrons. The van der Waals surface area contributed by atoms with Crippen molar-refractivity contribution in [3.8, 4) is 5.75 Å². The molecule has 1 atom stereocenters. The molecule has 0 aromatic heterocycles. The van der Waals surface area contributed by atoms with Crippen LogP contribution >= 0.6 is 24.0 Å². The van der Waals surface area contributed by atoms with E-state index < -0.39 is 0 Å². The molecule has 3 aliphatic rings. The first kappa shape index (κ1) is 25.1. The summed E-state index contributed by atoms with van der Waals surface area (Å²) in [4.78, 5) is 21.1. The number of halogens is 1. The highest BCUT2D eigenvalue weighted by Crippen LogP contribution is 2.31. The topological polar surface area (TPSA) is 69.2 Å². The number of fused-ring (bicyclic) bond motifs is 1.